The van der Waals surface area contributed by atoms with Crippen molar-refractivity contribution in [3.8, 4) is 0 Å². The molecular formula is C18H19N3OS. The first-order valence-corrected chi connectivity index (χ1v) is 8.41. The number of rotatable bonds is 4. The van der Waals surface area contributed by atoms with E-state index in [9.17, 15) is 4.79 Å². The zero-order valence-corrected chi connectivity index (χ0v) is 14.3. The van der Waals surface area contributed by atoms with Gasteiger partial charge < -0.3 is 0 Å². The van der Waals surface area contributed by atoms with Gasteiger partial charge in [0.1, 0.15) is 0 Å². The van der Waals surface area contributed by atoms with Gasteiger partial charge in [0, 0.05) is 5.56 Å². The number of hydrogen-bond acceptors (Lipinski definition) is 4. The Balaban J connectivity index is 1.73. The molecule has 0 aliphatic heterocycles. The third-order valence-electron chi connectivity index (χ3n) is 3.77. The van der Waals surface area contributed by atoms with Crippen LogP contribution >= 0.6 is 11.3 Å². The number of nitrogens with one attached hydrogen (secondary N) is 2. The summed E-state index contributed by atoms with van der Waals surface area (Å²) < 4.78 is 1.12. The van der Waals surface area contributed by atoms with E-state index in [0.717, 1.165) is 27.8 Å². The van der Waals surface area contributed by atoms with Crippen molar-refractivity contribution in [3.63, 3.8) is 0 Å². The third kappa shape index (κ3) is 3.35. The van der Waals surface area contributed by atoms with Crippen molar-refractivity contribution >= 4 is 32.6 Å². The average Bonchev–Trinajstić information content (AvgIpc) is 2.94. The number of hydrazine groups is 1. The van der Waals surface area contributed by atoms with E-state index in [1.165, 1.54) is 16.9 Å². The first kappa shape index (κ1) is 15.5. The lowest BCUT2D eigenvalue weighted by molar-refractivity contribution is 0.0962. The van der Waals surface area contributed by atoms with E-state index in [0.29, 0.717) is 10.7 Å². The van der Waals surface area contributed by atoms with Crippen LogP contribution in [0.15, 0.2) is 36.4 Å². The Hall–Kier alpha value is -2.40. The molecule has 2 N–H and O–H groups in total. The Kier molecular flexibility index (Phi) is 4.30. The summed E-state index contributed by atoms with van der Waals surface area (Å²) in [6.45, 7) is 6.08. The Morgan fingerprint density at radius 1 is 1.17 bits per heavy atom. The molecule has 2 aromatic carbocycles. The zero-order valence-electron chi connectivity index (χ0n) is 13.4. The van der Waals surface area contributed by atoms with Crippen molar-refractivity contribution < 1.29 is 4.79 Å². The summed E-state index contributed by atoms with van der Waals surface area (Å²) in [7, 11) is 0. The maximum Gasteiger partial charge on any atom is 0.269 e. The van der Waals surface area contributed by atoms with Gasteiger partial charge in [-0.1, -0.05) is 42.0 Å². The molecule has 3 rings (SSSR count). The van der Waals surface area contributed by atoms with E-state index in [2.05, 4.69) is 34.9 Å². The number of carbonyl (C=O) groups excluding carboxylic acids is 1. The summed E-state index contributed by atoms with van der Waals surface area (Å²) in [6.07, 6.45) is 1.00. The molecule has 0 atom stereocenters. The lowest BCUT2D eigenvalue weighted by Gasteiger charge is -2.08. The monoisotopic (exact) mass is 325 g/mol. The first-order chi connectivity index (χ1) is 11.1. The van der Waals surface area contributed by atoms with Crippen molar-refractivity contribution in [1.82, 2.24) is 10.4 Å². The van der Waals surface area contributed by atoms with E-state index in [1.54, 1.807) is 0 Å². The van der Waals surface area contributed by atoms with Gasteiger partial charge in [-0.05, 0) is 49.6 Å². The van der Waals surface area contributed by atoms with Crippen LogP contribution in [0, 0.1) is 13.8 Å². The Morgan fingerprint density at radius 3 is 2.74 bits per heavy atom. The number of benzene rings is 2. The van der Waals surface area contributed by atoms with Gasteiger partial charge >= 0.3 is 0 Å². The standard InChI is InChI=1S/C18H19N3OS/c1-4-13-6-8-15-16(10-13)23-18(19-15)21-20-17(22)14-7-5-11(2)9-12(14)3/h5-10H,4H2,1-3H3,(H,19,21)(H,20,22). The normalized spacial score (nSPS) is 10.7. The molecule has 1 amide bonds. The maximum absolute atomic E-state index is 12.3. The molecule has 1 heterocycles. The number of nitrogens with zero attached hydrogens (tertiary/aromatic N) is 1. The van der Waals surface area contributed by atoms with E-state index < -0.39 is 0 Å². The zero-order chi connectivity index (χ0) is 16.4. The van der Waals surface area contributed by atoms with Gasteiger partial charge in [-0.25, -0.2) is 4.98 Å². The third-order valence-corrected chi connectivity index (χ3v) is 4.70. The van der Waals surface area contributed by atoms with Gasteiger partial charge in [-0.3, -0.25) is 15.6 Å². The molecule has 118 valence electrons. The predicted octanol–water partition coefficient (Wildman–Crippen LogP) is 4.23. The topological polar surface area (TPSA) is 54.0 Å². The molecule has 5 heteroatoms. The lowest BCUT2D eigenvalue weighted by Crippen LogP contribution is -2.29. The number of amides is 1. The number of anilines is 1. The molecule has 23 heavy (non-hydrogen) atoms. The summed E-state index contributed by atoms with van der Waals surface area (Å²) in [6, 6.07) is 12.0. The minimum atomic E-state index is -0.156. The minimum absolute atomic E-state index is 0.156. The molecule has 0 radical (unpaired) electrons. The van der Waals surface area contributed by atoms with E-state index in [4.69, 9.17) is 0 Å². The van der Waals surface area contributed by atoms with Crippen LogP contribution in [0.2, 0.25) is 0 Å². The Bertz CT molecular complexity index is 870. The van der Waals surface area contributed by atoms with Gasteiger partial charge in [0.25, 0.3) is 5.91 Å². The second-order valence-corrected chi connectivity index (χ2v) is 6.60. The number of aromatic nitrogens is 1. The summed E-state index contributed by atoms with van der Waals surface area (Å²) in [5.74, 6) is -0.156. The summed E-state index contributed by atoms with van der Waals surface area (Å²) in [4.78, 5) is 16.8. The first-order valence-electron chi connectivity index (χ1n) is 7.60. The number of carbonyl (C=O) groups is 1. The van der Waals surface area contributed by atoms with Gasteiger partial charge in [-0.15, -0.1) is 0 Å². The molecule has 1 aromatic heterocycles. The molecule has 3 aromatic rings. The highest BCUT2D eigenvalue weighted by Crippen LogP contribution is 2.26. The van der Waals surface area contributed by atoms with Crippen molar-refractivity contribution in [3.05, 3.63) is 58.7 Å². The fourth-order valence-electron chi connectivity index (χ4n) is 2.49. The minimum Gasteiger partial charge on any atom is -0.273 e. The number of aryl methyl sites for hydroxylation is 3. The van der Waals surface area contributed by atoms with E-state index >= 15 is 0 Å². The van der Waals surface area contributed by atoms with Gasteiger partial charge in [0.05, 0.1) is 10.2 Å². The van der Waals surface area contributed by atoms with Crippen molar-refractivity contribution in [2.75, 3.05) is 5.43 Å². The van der Waals surface area contributed by atoms with Crippen LogP contribution in [0.3, 0.4) is 0 Å². The molecule has 4 nitrogen and oxygen atoms in total. The van der Waals surface area contributed by atoms with Crippen molar-refractivity contribution in [1.29, 1.82) is 0 Å². The van der Waals surface area contributed by atoms with Crippen LogP contribution in [0.25, 0.3) is 10.2 Å². The molecule has 0 unspecified atom stereocenters. The fourth-order valence-corrected chi connectivity index (χ4v) is 3.37. The van der Waals surface area contributed by atoms with E-state index in [-0.39, 0.29) is 5.91 Å². The second kappa shape index (κ2) is 6.38. The summed E-state index contributed by atoms with van der Waals surface area (Å²) in [5.41, 5.74) is 10.6. The van der Waals surface area contributed by atoms with Crippen LogP contribution in [0.5, 0.6) is 0 Å². The molecular weight excluding hydrogens is 306 g/mol. The van der Waals surface area contributed by atoms with Crippen molar-refractivity contribution in [2.45, 2.75) is 27.2 Å². The van der Waals surface area contributed by atoms with Crippen LogP contribution in [-0.2, 0) is 6.42 Å². The van der Waals surface area contributed by atoms with E-state index in [1.807, 2.05) is 38.1 Å². The molecule has 0 bridgehead atoms. The number of hydrogen-bond donors (Lipinski definition) is 2. The smallest absolute Gasteiger partial charge is 0.269 e. The van der Waals surface area contributed by atoms with Gasteiger partial charge in [0.2, 0.25) is 5.13 Å². The molecule has 0 fully saturated rings. The SMILES string of the molecule is CCc1ccc2nc(NNC(=O)c3ccc(C)cc3C)sc2c1. The number of thiazole rings is 1. The quantitative estimate of drug-likeness (QED) is 0.706. The second-order valence-electron chi connectivity index (χ2n) is 5.57. The molecule has 0 saturated heterocycles. The van der Waals surface area contributed by atoms with Gasteiger partial charge in [-0.2, -0.15) is 0 Å². The average molecular weight is 325 g/mol. The Morgan fingerprint density at radius 2 is 2.00 bits per heavy atom. The lowest BCUT2D eigenvalue weighted by atomic mass is 10.1. The largest absolute Gasteiger partial charge is 0.273 e. The highest BCUT2D eigenvalue weighted by molar-refractivity contribution is 7.22. The van der Waals surface area contributed by atoms with Crippen molar-refractivity contribution in [2.24, 2.45) is 0 Å². The van der Waals surface area contributed by atoms with Crippen LogP contribution in [0.1, 0.15) is 34.0 Å². The fraction of sp³-hybridized carbons (Fsp3) is 0.222. The van der Waals surface area contributed by atoms with Crippen LogP contribution < -0.4 is 10.9 Å². The van der Waals surface area contributed by atoms with Crippen LogP contribution in [0.4, 0.5) is 5.13 Å². The van der Waals surface area contributed by atoms with Crippen LogP contribution in [-0.4, -0.2) is 10.9 Å². The molecule has 0 aliphatic rings. The predicted molar refractivity (Wildman–Crippen MR) is 96.0 cm³/mol. The molecule has 0 saturated carbocycles. The molecule has 0 spiro atoms. The highest BCUT2D eigenvalue weighted by atomic mass is 32.1. The number of fused-ring (bicyclic) bond motifs is 1. The maximum atomic E-state index is 12.3. The highest BCUT2D eigenvalue weighted by Gasteiger charge is 2.10. The Labute approximate surface area is 139 Å². The summed E-state index contributed by atoms with van der Waals surface area (Å²) in [5, 5.41) is 0.686. The summed E-state index contributed by atoms with van der Waals surface area (Å²) >= 11 is 1.53. The molecule has 0 aliphatic carbocycles. The van der Waals surface area contributed by atoms with Gasteiger partial charge in [0.15, 0.2) is 0 Å².